The second-order valence-electron chi connectivity index (χ2n) is 6.25. The summed E-state index contributed by atoms with van der Waals surface area (Å²) in [5, 5.41) is 0. The fraction of sp³-hybridized carbons (Fsp3) is 1.00. The molecule has 0 aliphatic carbocycles. The first-order chi connectivity index (χ1) is 5.74. The molecule has 0 unspecified atom stereocenters. The number of rotatable bonds is 5. The molecular weight excluding hydrogens is 184 g/mol. The third-order valence-electron chi connectivity index (χ3n) is 2.94. The maximum atomic E-state index is 2.48. The minimum atomic E-state index is -0.812. The summed E-state index contributed by atoms with van der Waals surface area (Å²) >= 11 is 0. The Kier molecular flexibility index (Phi) is 7.91. The Labute approximate surface area is 93.5 Å². The van der Waals surface area contributed by atoms with Gasteiger partial charge >= 0.3 is 0 Å². The first-order valence-electron chi connectivity index (χ1n) is 5.74. The third-order valence-corrected chi connectivity index (χ3v) is 4.73. The molecule has 1 heteroatoms. The van der Waals surface area contributed by atoms with Crippen molar-refractivity contribution in [2.24, 2.45) is 17.8 Å². The van der Waals surface area contributed by atoms with Crippen molar-refractivity contribution in [2.45, 2.75) is 67.2 Å². The molecule has 0 heterocycles. The van der Waals surface area contributed by atoms with Crippen LogP contribution in [-0.2, 0) is 0 Å². The van der Waals surface area contributed by atoms with Gasteiger partial charge in [-0.2, -0.15) is 0 Å². The molecular formula is C13H32Si. The van der Waals surface area contributed by atoms with E-state index >= 15 is 0 Å². The number of hydrogen-bond donors (Lipinski definition) is 0. The maximum absolute atomic E-state index is 2.48. The van der Waals surface area contributed by atoms with Gasteiger partial charge < -0.3 is 0 Å². The average molecular weight is 216 g/mol. The predicted molar refractivity (Wildman–Crippen MR) is 72.7 cm³/mol. The third kappa shape index (κ3) is 7.60. The van der Waals surface area contributed by atoms with Crippen LogP contribution in [0.15, 0.2) is 0 Å². The molecule has 0 nitrogen and oxygen atoms in total. The normalized spacial score (nSPS) is 12.4. The van der Waals surface area contributed by atoms with Gasteiger partial charge in [-0.05, 0) is 17.8 Å². The fourth-order valence-electron chi connectivity index (χ4n) is 2.04. The van der Waals surface area contributed by atoms with Gasteiger partial charge in [0, 0.05) is 8.07 Å². The zero-order valence-corrected chi connectivity index (χ0v) is 11.6. The van der Waals surface area contributed by atoms with E-state index in [0.717, 1.165) is 17.8 Å². The molecule has 0 aliphatic rings. The lowest BCUT2D eigenvalue weighted by Crippen LogP contribution is -2.24. The minimum absolute atomic E-state index is 0. The van der Waals surface area contributed by atoms with Crippen LogP contribution < -0.4 is 0 Å². The molecule has 88 valence electrons. The van der Waals surface area contributed by atoms with E-state index in [1.54, 1.807) is 0 Å². The van der Waals surface area contributed by atoms with Gasteiger partial charge in [0.25, 0.3) is 0 Å². The Morgan fingerprint density at radius 3 is 1.43 bits per heavy atom. The Morgan fingerprint density at radius 2 is 1.21 bits per heavy atom. The summed E-state index contributed by atoms with van der Waals surface area (Å²) in [6, 6.07) is 1.49. The van der Waals surface area contributed by atoms with E-state index < -0.39 is 8.07 Å². The molecule has 0 atom stereocenters. The first kappa shape index (κ1) is 16.6. The highest BCUT2D eigenvalue weighted by molar-refractivity contribution is 6.76. The summed E-state index contributed by atoms with van der Waals surface area (Å²) in [7, 11) is -0.812. The summed E-state index contributed by atoms with van der Waals surface area (Å²) in [5.74, 6) is 2.65. The molecule has 0 spiro atoms. The molecule has 0 bridgehead atoms. The van der Waals surface area contributed by atoms with E-state index in [1.165, 1.54) is 12.5 Å². The molecule has 0 radical (unpaired) electrons. The van der Waals surface area contributed by atoms with Crippen LogP contribution in [0.5, 0.6) is 0 Å². The molecule has 0 amide bonds. The second kappa shape index (κ2) is 6.65. The van der Waals surface area contributed by atoms with E-state index in [2.05, 4.69) is 47.3 Å². The van der Waals surface area contributed by atoms with Crippen LogP contribution in [0.2, 0.25) is 25.7 Å². The predicted octanol–water partition coefficient (Wildman–Crippen LogP) is 5.28. The molecule has 0 aromatic rings. The van der Waals surface area contributed by atoms with E-state index in [1.807, 2.05) is 0 Å². The van der Waals surface area contributed by atoms with E-state index in [4.69, 9.17) is 0 Å². The van der Waals surface area contributed by atoms with Crippen molar-refractivity contribution in [2.75, 3.05) is 0 Å². The van der Waals surface area contributed by atoms with Crippen LogP contribution in [0, 0.1) is 17.8 Å². The molecule has 14 heavy (non-hydrogen) atoms. The van der Waals surface area contributed by atoms with Gasteiger partial charge in [-0.1, -0.05) is 67.2 Å². The summed E-state index contributed by atoms with van der Waals surface area (Å²) < 4.78 is 0. The summed E-state index contributed by atoms with van der Waals surface area (Å²) in [6.07, 6.45) is 1.45. The monoisotopic (exact) mass is 216 g/mol. The van der Waals surface area contributed by atoms with Crippen LogP contribution in [-0.4, -0.2) is 8.07 Å². The van der Waals surface area contributed by atoms with Crippen LogP contribution in [0.4, 0.5) is 0 Å². The topological polar surface area (TPSA) is 0 Å². The number of hydrogen-bond acceptors (Lipinski definition) is 0. The van der Waals surface area contributed by atoms with E-state index in [0.29, 0.717) is 0 Å². The van der Waals surface area contributed by atoms with E-state index in [9.17, 15) is 0 Å². The van der Waals surface area contributed by atoms with Crippen LogP contribution in [0.1, 0.15) is 41.5 Å². The Morgan fingerprint density at radius 1 is 0.857 bits per heavy atom. The molecule has 0 saturated carbocycles. The SMILES string of the molecule is C.CC(C)C(CC[Si](C)(C)C)C(C)C. The van der Waals surface area contributed by atoms with Crippen molar-refractivity contribution < 1.29 is 0 Å². The molecule has 0 fully saturated rings. The van der Waals surface area contributed by atoms with Gasteiger partial charge in [0.1, 0.15) is 0 Å². The zero-order valence-electron chi connectivity index (χ0n) is 10.6. The Hall–Kier alpha value is 0.217. The van der Waals surface area contributed by atoms with Crippen LogP contribution in [0.3, 0.4) is 0 Å². The van der Waals surface area contributed by atoms with Gasteiger partial charge in [-0.3, -0.25) is 0 Å². The van der Waals surface area contributed by atoms with Gasteiger partial charge in [-0.15, -0.1) is 0 Å². The van der Waals surface area contributed by atoms with Crippen LogP contribution in [0.25, 0.3) is 0 Å². The Bertz CT molecular complexity index is 123. The highest BCUT2D eigenvalue weighted by atomic mass is 28.3. The van der Waals surface area contributed by atoms with E-state index in [-0.39, 0.29) is 7.43 Å². The molecule has 0 rings (SSSR count). The molecule has 0 saturated heterocycles. The summed E-state index contributed by atoms with van der Waals surface area (Å²) in [6.45, 7) is 16.9. The first-order valence-corrected chi connectivity index (χ1v) is 9.44. The Balaban J connectivity index is 0. The van der Waals surface area contributed by atoms with Crippen molar-refractivity contribution >= 4 is 8.07 Å². The lowest BCUT2D eigenvalue weighted by atomic mass is 9.84. The summed E-state index contributed by atoms with van der Waals surface area (Å²) in [5.41, 5.74) is 0. The standard InChI is InChI=1S/C12H28Si.CH4/c1-10(2)12(11(3)4)8-9-13(5,6)7;/h10-12H,8-9H2,1-7H3;1H4. The average Bonchev–Trinajstić information content (AvgIpc) is 1.82. The lowest BCUT2D eigenvalue weighted by Gasteiger charge is -2.27. The highest BCUT2D eigenvalue weighted by Crippen LogP contribution is 2.28. The van der Waals surface area contributed by atoms with Crippen molar-refractivity contribution in [3.8, 4) is 0 Å². The van der Waals surface area contributed by atoms with Crippen molar-refractivity contribution in [1.29, 1.82) is 0 Å². The van der Waals surface area contributed by atoms with Gasteiger partial charge in [0.05, 0.1) is 0 Å². The second-order valence-corrected chi connectivity index (χ2v) is 11.9. The molecule has 0 N–H and O–H groups in total. The van der Waals surface area contributed by atoms with Gasteiger partial charge in [-0.25, -0.2) is 0 Å². The zero-order chi connectivity index (χ0) is 10.6. The summed E-state index contributed by atoms with van der Waals surface area (Å²) in [4.78, 5) is 0. The maximum Gasteiger partial charge on any atom is 0.0442 e. The van der Waals surface area contributed by atoms with Crippen molar-refractivity contribution in [3.05, 3.63) is 0 Å². The van der Waals surface area contributed by atoms with Crippen LogP contribution >= 0.6 is 0 Å². The lowest BCUT2D eigenvalue weighted by molar-refractivity contribution is 0.278. The smallest absolute Gasteiger partial charge is 0.0442 e. The van der Waals surface area contributed by atoms with Gasteiger partial charge in [0.15, 0.2) is 0 Å². The van der Waals surface area contributed by atoms with Crippen molar-refractivity contribution in [3.63, 3.8) is 0 Å². The molecule has 0 aromatic carbocycles. The molecule has 0 aromatic heterocycles. The largest absolute Gasteiger partial charge is 0.0776 e. The highest BCUT2D eigenvalue weighted by Gasteiger charge is 2.21. The van der Waals surface area contributed by atoms with Gasteiger partial charge in [0.2, 0.25) is 0 Å². The quantitative estimate of drug-likeness (QED) is 0.549. The molecule has 0 aliphatic heterocycles. The van der Waals surface area contributed by atoms with Crippen molar-refractivity contribution in [1.82, 2.24) is 0 Å². The fourth-order valence-corrected chi connectivity index (χ4v) is 3.24. The minimum Gasteiger partial charge on any atom is -0.0776 e.